The quantitative estimate of drug-likeness (QED) is 0.798. The van der Waals surface area contributed by atoms with Crippen LogP contribution in [-0.4, -0.2) is 55.9 Å². The highest BCUT2D eigenvalue weighted by atomic mass is 16.5. The largest absolute Gasteiger partial charge is 0.497 e. The molecule has 1 saturated heterocycles. The van der Waals surface area contributed by atoms with Crippen molar-refractivity contribution in [3.05, 3.63) is 65.2 Å². The van der Waals surface area contributed by atoms with Crippen LogP contribution >= 0.6 is 0 Å². The van der Waals surface area contributed by atoms with Crippen molar-refractivity contribution in [1.29, 1.82) is 0 Å². The lowest BCUT2D eigenvalue weighted by Gasteiger charge is -2.32. The van der Waals surface area contributed by atoms with E-state index in [9.17, 15) is 9.59 Å². The molecule has 1 fully saturated rings. The molecule has 0 N–H and O–H groups in total. The lowest BCUT2D eigenvalue weighted by molar-refractivity contribution is 0.0690. The number of carbonyl (C=O) groups is 2. The van der Waals surface area contributed by atoms with E-state index in [1.807, 2.05) is 53.4 Å². The summed E-state index contributed by atoms with van der Waals surface area (Å²) in [6, 6.07) is 15.2. The standard InChI is InChI=1S/C23H28N2O3/c1-24(2)22(26)19-6-4-17(5-7-19)16-18-12-14-25(15-13-18)23(27)20-8-10-21(28-3)11-9-20/h4-11,18H,12-16H2,1-3H3. The van der Waals surface area contributed by atoms with Crippen molar-refractivity contribution in [2.75, 3.05) is 34.3 Å². The third-order valence-electron chi connectivity index (χ3n) is 5.37. The van der Waals surface area contributed by atoms with E-state index in [4.69, 9.17) is 4.74 Å². The molecule has 1 aliphatic heterocycles. The van der Waals surface area contributed by atoms with Gasteiger partial charge in [-0.25, -0.2) is 0 Å². The molecule has 0 saturated carbocycles. The predicted octanol–water partition coefficient (Wildman–Crippen LogP) is 3.49. The number of carbonyl (C=O) groups excluding carboxylic acids is 2. The first-order valence-electron chi connectivity index (χ1n) is 9.72. The number of nitrogens with zero attached hydrogens (tertiary/aromatic N) is 2. The van der Waals surface area contributed by atoms with Gasteiger partial charge in [0.15, 0.2) is 0 Å². The van der Waals surface area contributed by atoms with Gasteiger partial charge in [0.25, 0.3) is 11.8 Å². The van der Waals surface area contributed by atoms with Crippen LogP contribution in [0.1, 0.15) is 39.1 Å². The first-order chi connectivity index (χ1) is 13.5. The molecule has 0 aromatic heterocycles. The molecule has 0 atom stereocenters. The van der Waals surface area contributed by atoms with Crippen LogP contribution in [0.5, 0.6) is 5.75 Å². The molecule has 2 aromatic carbocycles. The molecular formula is C23H28N2O3. The molecule has 0 spiro atoms. The zero-order chi connectivity index (χ0) is 20.1. The van der Waals surface area contributed by atoms with Crippen molar-refractivity contribution in [2.45, 2.75) is 19.3 Å². The normalized spacial score (nSPS) is 14.6. The Labute approximate surface area is 166 Å². The molecule has 2 aromatic rings. The highest BCUT2D eigenvalue weighted by molar-refractivity contribution is 5.94. The van der Waals surface area contributed by atoms with Gasteiger partial charge in [-0.2, -0.15) is 0 Å². The molecule has 0 radical (unpaired) electrons. The highest BCUT2D eigenvalue weighted by Crippen LogP contribution is 2.24. The maximum atomic E-state index is 12.7. The summed E-state index contributed by atoms with van der Waals surface area (Å²) in [4.78, 5) is 28.2. The van der Waals surface area contributed by atoms with Gasteiger partial charge >= 0.3 is 0 Å². The Kier molecular flexibility index (Phi) is 6.34. The van der Waals surface area contributed by atoms with E-state index in [0.29, 0.717) is 17.0 Å². The molecule has 1 heterocycles. The number of rotatable bonds is 5. The van der Waals surface area contributed by atoms with E-state index in [1.165, 1.54) is 5.56 Å². The SMILES string of the molecule is COc1ccc(C(=O)N2CCC(Cc3ccc(C(=O)N(C)C)cc3)CC2)cc1. The van der Waals surface area contributed by atoms with E-state index in [1.54, 1.807) is 26.1 Å². The summed E-state index contributed by atoms with van der Waals surface area (Å²) in [7, 11) is 5.14. The van der Waals surface area contributed by atoms with Crippen LogP contribution in [-0.2, 0) is 6.42 Å². The predicted molar refractivity (Wildman–Crippen MR) is 110 cm³/mol. The van der Waals surface area contributed by atoms with Crippen molar-refractivity contribution in [3.8, 4) is 5.75 Å². The summed E-state index contributed by atoms with van der Waals surface area (Å²) in [5.41, 5.74) is 2.67. The van der Waals surface area contributed by atoms with Gasteiger partial charge in [-0.3, -0.25) is 9.59 Å². The van der Waals surface area contributed by atoms with Gasteiger partial charge in [0.1, 0.15) is 5.75 Å². The molecule has 3 rings (SSSR count). The molecule has 2 amide bonds. The molecular weight excluding hydrogens is 352 g/mol. The topological polar surface area (TPSA) is 49.9 Å². The fourth-order valence-corrected chi connectivity index (χ4v) is 3.63. The molecule has 148 valence electrons. The Hall–Kier alpha value is -2.82. The molecule has 0 unspecified atom stereocenters. The minimum absolute atomic E-state index is 0.0249. The van der Waals surface area contributed by atoms with Gasteiger partial charge in [-0.1, -0.05) is 12.1 Å². The van der Waals surface area contributed by atoms with Gasteiger partial charge in [-0.15, -0.1) is 0 Å². The molecule has 0 bridgehead atoms. The van der Waals surface area contributed by atoms with Crippen LogP contribution in [0.15, 0.2) is 48.5 Å². The second-order valence-corrected chi connectivity index (χ2v) is 7.56. The first kappa shape index (κ1) is 19.9. The van der Waals surface area contributed by atoms with Gasteiger partial charge in [0.05, 0.1) is 7.11 Å². The Bertz CT molecular complexity index is 805. The Balaban J connectivity index is 1.52. The smallest absolute Gasteiger partial charge is 0.253 e. The summed E-state index contributed by atoms with van der Waals surface area (Å²) in [5.74, 6) is 1.44. The summed E-state index contributed by atoms with van der Waals surface area (Å²) in [6.07, 6.45) is 2.99. The minimum atomic E-state index is 0.0249. The van der Waals surface area contributed by atoms with Gasteiger partial charge in [0, 0.05) is 38.3 Å². The van der Waals surface area contributed by atoms with Crippen LogP contribution in [0, 0.1) is 5.92 Å². The second kappa shape index (κ2) is 8.91. The van der Waals surface area contributed by atoms with Crippen molar-refractivity contribution in [2.24, 2.45) is 5.92 Å². The van der Waals surface area contributed by atoms with Crippen LogP contribution in [0.4, 0.5) is 0 Å². The average Bonchev–Trinajstić information content (AvgIpc) is 2.74. The van der Waals surface area contributed by atoms with E-state index < -0.39 is 0 Å². The summed E-state index contributed by atoms with van der Waals surface area (Å²) < 4.78 is 5.15. The van der Waals surface area contributed by atoms with Gasteiger partial charge in [0.2, 0.25) is 0 Å². The molecule has 28 heavy (non-hydrogen) atoms. The summed E-state index contributed by atoms with van der Waals surface area (Å²) in [6.45, 7) is 1.57. The lowest BCUT2D eigenvalue weighted by Crippen LogP contribution is -2.38. The van der Waals surface area contributed by atoms with Crippen LogP contribution in [0.3, 0.4) is 0 Å². The number of benzene rings is 2. The lowest BCUT2D eigenvalue weighted by atomic mass is 9.89. The zero-order valence-corrected chi connectivity index (χ0v) is 16.9. The maximum Gasteiger partial charge on any atom is 0.253 e. The Morgan fingerprint density at radius 1 is 0.964 bits per heavy atom. The molecule has 1 aliphatic rings. The van der Waals surface area contributed by atoms with Crippen LogP contribution in [0.25, 0.3) is 0 Å². The van der Waals surface area contributed by atoms with Crippen molar-refractivity contribution in [1.82, 2.24) is 9.80 Å². The van der Waals surface area contributed by atoms with Crippen LogP contribution in [0.2, 0.25) is 0 Å². The Morgan fingerprint density at radius 3 is 2.07 bits per heavy atom. The zero-order valence-electron chi connectivity index (χ0n) is 16.9. The average molecular weight is 380 g/mol. The molecule has 0 aliphatic carbocycles. The van der Waals surface area contributed by atoms with Gasteiger partial charge in [-0.05, 0) is 67.1 Å². The number of hydrogen-bond acceptors (Lipinski definition) is 3. The third-order valence-corrected chi connectivity index (χ3v) is 5.37. The van der Waals surface area contributed by atoms with E-state index in [0.717, 1.165) is 38.1 Å². The van der Waals surface area contributed by atoms with Gasteiger partial charge < -0.3 is 14.5 Å². The molecule has 5 heteroatoms. The number of hydrogen-bond donors (Lipinski definition) is 0. The van der Waals surface area contributed by atoms with E-state index >= 15 is 0 Å². The first-order valence-corrected chi connectivity index (χ1v) is 9.72. The minimum Gasteiger partial charge on any atom is -0.497 e. The van der Waals surface area contributed by atoms with Crippen molar-refractivity contribution >= 4 is 11.8 Å². The number of amides is 2. The fraction of sp³-hybridized carbons (Fsp3) is 0.391. The number of ether oxygens (including phenoxy) is 1. The number of methoxy groups -OCH3 is 1. The highest BCUT2D eigenvalue weighted by Gasteiger charge is 2.24. The number of piperidine rings is 1. The van der Waals surface area contributed by atoms with E-state index in [-0.39, 0.29) is 11.8 Å². The maximum absolute atomic E-state index is 12.7. The Morgan fingerprint density at radius 2 is 1.54 bits per heavy atom. The second-order valence-electron chi connectivity index (χ2n) is 7.56. The summed E-state index contributed by atoms with van der Waals surface area (Å²) >= 11 is 0. The van der Waals surface area contributed by atoms with Crippen molar-refractivity contribution < 1.29 is 14.3 Å². The van der Waals surface area contributed by atoms with Crippen LogP contribution < -0.4 is 4.74 Å². The molecule has 5 nitrogen and oxygen atoms in total. The fourth-order valence-electron chi connectivity index (χ4n) is 3.63. The summed E-state index contributed by atoms with van der Waals surface area (Å²) in [5, 5.41) is 0. The van der Waals surface area contributed by atoms with E-state index in [2.05, 4.69) is 0 Å². The van der Waals surface area contributed by atoms with Crippen molar-refractivity contribution in [3.63, 3.8) is 0 Å². The monoisotopic (exact) mass is 380 g/mol. The number of likely N-dealkylation sites (tertiary alicyclic amines) is 1. The third kappa shape index (κ3) is 4.71.